The van der Waals surface area contributed by atoms with Gasteiger partial charge in [-0.15, -0.1) is 11.6 Å². The number of nitrogens with zero attached hydrogens (tertiary/aromatic N) is 1. The fourth-order valence-electron chi connectivity index (χ4n) is 1.66. The highest BCUT2D eigenvalue weighted by atomic mass is 35.5. The van der Waals surface area contributed by atoms with Gasteiger partial charge < -0.3 is 14.4 Å². The Morgan fingerprint density at radius 1 is 1.25 bits per heavy atom. The summed E-state index contributed by atoms with van der Waals surface area (Å²) in [5.41, 5.74) is 0.215. The lowest BCUT2D eigenvalue weighted by Crippen LogP contribution is -2.36. The molecule has 0 spiro atoms. The standard InChI is InChI=1S/C13H16ClF2NO3/c1-19-10-5-9(6-11(7-10)20-2)13(18)17(4-3-14)8-12(15)16/h5-7,12H,3-4,8H2,1-2H3. The molecule has 0 atom stereocenters. The van der Waals surface area contributed by atoms with E-state index in [4.69, 9.17) is 21.1 Å². The number of methoxy groups -OCH3 is 2. The van der Waals surface area contributed by atoms with Crippen LogP contribution in [-0.4, -0.2) is 50.4 Å². The topological polar surface area (TPSA) is 38.8 Å². The molecule has 0 saturated heterocycles. The zero-order valence-electron chi connectivity index (χ0n) is 11.2. The number of amides is 1. The Bertz CT molecular complexity index is 435. The summed E-state index contributed by atoms with van der Waals surface area (Å²) in [5.74, 6) is 0.369. The summed E-state index contributed by atoms with van der Waals surface area (Å²) in [7, 11) is 2.89. The van der Waals surface area contributed by atoms with Crippen LogP contribution in [-0.2, 0) is 0 Å². The van der Waals surface area contributed by atoms with Crippen molar-refractivity contribution in [1.29, 1.82) is 0 Å². The first-order valence-electron chi connectivity index (χ1n) is 5.88. The van der Waals surface area contributed by atoms with Crippen LogP contribution < -0.4 is 9.47 Å². The quantitative estimate of drug-likeness (QED) is 0.727. The van der Waals surface area contributed by atoms with Gasteiger partial charge in [-0.25, -0.2) is 8.78 Å². The molecule has 0 heterocycles. The van der Waals surface area contributed by atoms with Crippen LogP contribution in [0.25, 0.3) is 0 Å². The molecule has 7 heteroatoms. The van der Waals surface area contributed by atoms with Crippen molar-refractivity contribution >= 4 is 17.5 Å². The largest absolute Gasteiger partial charge is 0.497 e. The maximum atomic E-state index is 12.5. The van der Waals surface area contributed by atoms with Crippen molar-refractivity contribution in [3.8, 4) is 11.5 Å². The van der Waals surface area contributed by atoms with Crippen molar-refractivity contribution in [2.75, 3.05) is 33.2 Å². The van der Waals surface area contributed by atoms with E-state index in [0.717, 1.165) is 4.90 Å². The van der Waals surface area contributed by atoms with Gasteiger partial charge in [0.1, 0.15) is 11.5 Å². The van der Waals surface area contributed by atoms with Crippen molar-refractivity contribution in [2.45, 2.75) is 6.43 Å². The number of carbonyl (C=O) groups is 1. The van der Waals surface area contributed by atoms with Gasteiger partial charge >= 0.3 is 0 Å². The molecule has 0 fully saturated rings. The van der Waals surface area contributed by atoms with Gasteiger partial charge in [0.2, 0.25) is 0 Å². The summed E-state index contributed by atoms with van der Waals surface area (Å²) in [6.07, 6.45) is -2.62. The van der Waals surface area contributed by atoms with Crippen molar-refractivity contribution in [3.63, 3.8) is 0 Å². The minimum atomic E-state index is -2.62. The molecule has 1 rings (SSSR count). The van der Waals surface area contributed by atoms with Gasteiger partial charge in [-0.3, -0.25) is 4.79 Å². The third-order valence-electron chi connectivity index (χ3n) is 2.60. The van der Waals surface area contributed by atoms with Crippen LogP contribution in [0.5, 0.6) is 11.5 Å². The van der Waals surface area contributed by atoms with Crippen molar-refractivity contribution in [1.82, 2.24) is 4.90 Å². The second-order valence-corrected chi connectivity index (χ2v) is 4.31. The summed E-state index contributed by atoms with van der Waals surface area (Å²) in [6.45, 7) is -0.616. The maximum Gasteiger partial charge on any atom is 0.255 e. The van der Waals surface area contributed by atoms with Crippen LogP contribution in [0.2, 0.25) is 0 Å². The number of alkyl halides is 3. The molecule has 0 N–H and O–H groups in total. The monoisotopic (exact) mass is 307 g/mol. The smallest absolute Gasteiger partial charge is 0.255 e. The third kappa shape index (κ3) is 4.52. The lowest BCUT2D eigenvalue weighted by atomic mass is 10.1. The number of carbonyl (C=O) groups excluding carboxylic acids is 1. The van der Waals surface area contributed by atoms with Gasteiger partial charge in [-0.1, -0.05) is 0 Å². The highest BCUT2D eigenvalue weighted by Crippen LogP contribution is 2.23. The molecule has 0 bridgehead atoms. The summed E-state index contributed by atoms with van der Waals surface area (Å²) < 4.78 is 35.1. The second-order valence-electron chi connectivity index (χ2n) is 3.93. The molecule has 0 unspecified atom stereocenters. The van der Waals surface area contributed by atoms with Crippen LogP contribution >= 0.6 is 11.6 Å². The lowest BCUT2D eigenvalue weighted by molar-refractivity contribution is 0.0570. The Kier molecular flexibility index (Phi) is 6.51. The number of ether oxygens (including phenoxy) is 2. The zero-order chi connectivity index (χ0) is 15.1. The van der Waals surface area contributed by atoms with Gasteiger partial charge in [-0.2, -0.15) is 0 Å². The molecule has 0 radical (unpaired) electrons. The summed E-state index contributed by atoms with van der Waals surface area (Å²) in [6, 6.07) is 4.53. The molecule has 0 aliphatic carbocycles. The Hall–Kier alpha value is -1.56. The van der Waals surface area contributed by atoms with Crippen molar-refractivity contribution < 1.29 is 23.0 Å². The lowest BCUT2D eigenvalue weighted by Gasteiger charge is -2.21. The fraction of sp³-hybridized carbons (Fsp3) is 0.462. The van der Waals surface area contributed by atoms with Crippen LogP contribution in [0.4, 0.5) is 8.78 Å². The highest BCUT2D eigenvalue weighted by Gasteiger charge is 2.20. The van der Waals surface area contributed by atoms with Gasteiger partial charge in [0.05, 0.1) is 20.8 Å². The van der Waals surface area contributed by atoms with Gasteiger partial charge in [0, 0.05) is 24.1 Å². The number of rotatable bonds is 7. The van der Waals surface area contributed by atoms with E-state index in [-0.39, 0.29) is 18.0 Å². The first-order valence-corrected chi connectivity index (χ1v) is 6.41. The number of benzene rings is 1. The normalized spacial score (nSPS) is 10.5. The molecule has 1 aromatic carbocycles. The highest BCUT2D eigenvalue weighted by molar-refractivity contribution is 6.18. The number of hydrogen-bond donors (Lipinski definition) is 0. The zero-order valence-corrected chi connectivity index (χ0v) is 12.0. The summed E-state index contributed by atoms with van der Waals surface area (Å²) in [4.78, 5) is 13.2. The Balaban J connectivity index is 3.03. The van der Waals surface area contributed by atoms with Crippen molar-refractivity contribution in [3.05, 3.63) is 23.8 Å². The SMILES string of the molecule is COc1cc(OC)cc(C(=O)N(CCCl)CC(F)F)c1. The Morgan fingerprint density at radius 2 is 1.80 bits per heavy atom. The van der Waals surface area contributed by atoms with Crippen LogP contribution in [0, 0.1) is 0 Å². The first-order chi connectivity index (χ1) is 9.51. The average molecular weight is 308 g/mol. The minimum Gasteiger partial charge on any atom is -0.497 e. The van der Waals surface area contributed by atoms with Crippen molar-refractivity contribution in [2.24, 2.45) is 0 Å². The number of halogens is 3. The number of hydrogen-bond acceptors (Lipinski definition) is 3. The molecule has 1 aromatic rings. The maximum absolute atomic E-state index is 12.5. The van der Waals surface area contributed by atoms with E-state index in [1.165, 1.54) is 26.4 Å². The molecule has 4 nitrogen and oxygen atoms in total. The Morgan fingerprint density at radius 3 is 2.20 bits per heavy atom. The average Bonchev–Trinajstić information content (AvgIpc) is 2.44. The van der Waals surface area contributed by atoms with E-state index in [2.05, 4.69) is 0 Å². The molecule has 0 saturated carbocycles. The molecule has 0 aromatic heterocycles. The predicted molar refractivity (Wildman–Crippen MR) is 72.2 cm³/mol. The third-order valence-corrected chi connectivity index (χ3v) is 2.77. The predicted octanol–water partition coefficient (Wildman–Crippen LogP) is 2.65. The van der Waals surface area contributed by atoms with Gasteiger partial charge in [-0.05, 0) is 12.1 Å². The van der Waals surface area contributed by atoms with Crippen LogP contribution in [0.3, 0.4) is 0 Å². The summed E-state index contributed by atoms with van der Waals surface area (Å²) in [5, 5.41) is 0. The van der Waals surface area contributed by atoms with E-state index in [0.29, 0.717) is 11.5 Å². The van der Waals surface area contributed by atoms with Gasteiger partial charge in [0.25, 0.3) is 12.3 Å². The van der Waals surface area contributed by atoms with E-state index in [1.807, 2.05) is 0 Å². The van der Waals surface area contributed by atoms with E-state index in [1.54, 1.807) is 6.07 Å². The second kappa shape index (κ2) is 7.89. The summed E-state index contributed by atoms with van der Waals surface area (Å²) >= 11 is 5.54. The fourth-order valence-corrected chi connectivity index (χ4v) is 1.86. The molecular formula is C13H16ClF2NO3. The minimum absolute atomic E-state index is 0.0459. The van der Waals surface area contributed by atoms with E-state index < -0.39 is 18.9 Å². The molecule has 112 valence electrons. The molecule has 0 aliphatic rings. The molecule has 1 amide bonds. The molecular weight excluding hydrogens is 292 g/mol. The van der Waals surface area contributed by atoms with E-state index in [9.17, 15) is 13.6 Å². The Labute approximate surface area is 121 Å². The first kappa shape index (κ1) is 16.5. The molecule has 20 heavy (non-hydrogen) atoms. The van der Waals surface area contributed by atoms with Crippen LogP contribution in [0.1, 0.15) is 10.4 Å². The van der Waals surface area contributed by atoms with Crippen LogP contribution in [0.15, 0.2) is 18.2 Å². The molecule has 0 aliphatic heterocycles. The van der Waals surface area contributed by atoms with E-state index >= 15 is 0 Å². The van der Waals surface area contributed by atoms with Gasteiger partial charge in [0.15, 0.2) is 0 Å².